The van der Waals surface area contributed by atoms with Crippen LogP contribution in [0.1, 0.15) is 55.3 Å². The van der Waals surface area contributed by atoms with Crippen molar-refractivity contribution in [2.24, 2.45) is 0 Å². The monoisotopic (exact) mass is 704 g/mol. The van der Waals surface area contributed by atoms with Crippen LogP contribution in [0.4, 0.5) is 27.8 Å². The smallest absolute Gasteiger partial charge is 0.414 e. The van der Waals surface area contributed by atoms with Crippen molar-refractivity contribution >= 4 is 40.1 Å². The van der Waals surface area contributed by atoms with Crippen molar-refractivity contribution in [2.75, 3.05) is 42.4 Å². The summed E-state index contributed by atoms with van der Waals surface area (Å²) in [5.41, 5.74) is 4.16. The molecule has 2 N–H and O–H groups in total. The van der Waals surface area contributed by atoms with Crippen LogP contribution in [-0.4, -0.2) is 58.6 Å². The van der Waals surface area contributed by atoms with E-state index in [0.29, 0.717) is 85.2 Å². The zero-order chi connectivity index (χ0) is 36.4. The second kappa shape index (κ2) is 14.5. The molecule has 0 bridgehead atoms. The zero-order valence-corrected chi connectivity index (χ0v) is 30.0. The summed E-state index contributed by atoms with van der Waals surface area (Å²) in [7, 11) is 3.22. The number of carbonyl (C=O) groups is 1. The number of para-hydroxylation sites is 1. The van der Waals surface area contributed by atoms with E-state index >= 15 is 0 Å². The number of hydrogen-bond donors (Lipinski definition) is 2. The van der Waals surface area contributed by atoms with Crippen LogP contribution < -0.4 is 30.1 Å². The van der Waals surface area contributed by atoms with Gasteiger partial charge >= 0.3 is 6.09 Å². The van der Waals surface area contributed by atoms with E-state index in [1.807, 2.05) is 91.5 Å². The van der Waals surface area contributed by atoms with Gasteiger partial charge < -0.3 is 29.5 Å². The maximum Gasteiger partial charge on any atom is 0.414 e. The third-order valence-electron chi connectivity index (χ3n) is 10.1. The van der Waals surface area contributed by atoms with Crippen LogP contribution in [0.25, 0.3) is 11.0 Å². The van der Waals surface area contributed by atoms with Crippen LogP contribution in [0.5, 0.6) is 11.5 Å². The molecule has 0 radical (unpaired) electrons. The van der Waals surface area contributed by atoms with Gasteiger partial charge in [0.05, 0.1) is 31.2 Å². The van der Waals surface area contributed by atoms with Crippen LogP contribution in [0, 0.1) is 6.92 Å². The third kappa shape index (κ3) is 6.98. The number of benzene rings is 3. The number of aliphatic hydroxyl groups is 1. The molecule has 0 unspecified atom stereocenters. The first kappa shape index (κ1) is 34.8. The normalized spacial score (nSPS) is 18.5. The zero-order valence-electron chi connectivity index (χ0n) is 30.0. The summed E-state index contributed by atoms with van der Waals surface area (Å²) >= 11 is 0. The third-order valence-corrected chi connectivity index (χ3v) is 10.1. The maximum atomic E-state index is 14.8. The van der Waals surface area contributed by atoms with E-state index in [1.165, 1.54) is 0 Å². The number of hydrogen-bond acceptors (Lipinski definition) is 10. The lowest BCUT2D eigenvalue weighted by molar-refractivity contribution is 0.01000. The van der Waals surface area contributed by atoms with Crippen LogP contribution in [-0.2, 0) is 17.9 Å². The molecule has 7 rings (SSSR count). The molecule has 0 spiro atoms. The van der Waals surface area contributed by atoms with E-state index in [0.717, 1.165) is 22.4 Å². The van der Waals surface area contributed by atoms with Gasteiger partial charge in [-0.2, -0.15) is 4.98 Å². The molecule has 1 saturated carbocycles. The summed E-state index contributed by atoms with van der Waals surface area (Å²) in [6.07, 6.45) is 3.67. The number of fused-ring (bicyclic) bond motifs is 2. The minimum atomic E-state index is -0.783. The van der Waals surface area contributed by atoms with Crippen LogP contribution in [0.3, 0.4) is 0 Å². The van der Waals surface area contributed by atoms with Gasteiger partial charge in [-0.15, -0.1) is 0 Å². The molecule has 2 aromatic heterocycles. The van der Waals surface area contributed by atoms with Crippen molar-refractivity contribution in [1.29, 1.82) is 0 Å². The number of methoxy groups -OCH3 is 2. The Balaban J connectivity index is 1.25. The number of aromatic nitrogens is 3. The first-order chi connectivity index (χ1) is 25.2. The van der Waals surface area contributed by atoms with Crippen LogP contribution >= 0.6 is 0 Å². The number of amides is 1. The van der Waals surface area contributed by atoms with Crippen LogP contribution in [0.15, 0.2) is 83.8 Å². The fourth-order valence-corrected chi connectivity index (χ4v) is 7.25. The maximum absolute atomic E-state index is 14.8. The Labute approximate surface area is 302 Å². The number of ether oxygens (including phenoxy) is 3. The number of aryl methyl sites for hydroxylation is 1. The Morgan fingerprint density at radius 1 is 0.981 bits per heavy atom. The molecule has 2 aliphatic rings. The molecule has 12 nitrogen and oxygen atoms in total. The Morgan fingerprint density at radius 2 is 1.77 bits per heavy atom. The second-order valence-corrected chi connectivity index (χ2v) is 13.7. The number of nitrogens with one attached hydrogen (secondary N) is 1. The molecule has 1 amide bonds. The highest BCUT2D eigenvalue weighted by Crippen LogP contribution is 2.41. The average molecular weight is 705 g/mol. The topological polar surface area (TPSA) is 131 Å². The first-order valence-electron chi connectivity index (χ1n) is 17.6. The van der Waals surface area contributed by atoms with Crippen molar-refractivity contribution in [3.05, 3.63) is 106 Å². The van der Waals surface area contributed by atoms with Gasteiger partial charge in [-0.1, -0.05) is 42.5 Å². The average Bonchev–Trinajstić information content (AvgIpc) is 3.16. The highest BCUT2D eigenvalue weighted by Gasteiger charge is 2.34. The minimum Gasteiger partial charge on any atom is -0.497 e. The van der Waals surface area contributed by atoms with E-state index in [9.17, 15) is 14.7 Å². The molecule has 3 aromatic carbocycles. The molecule has 1 fully saturated rings. The molecule has 5 aromatic rings. The Kier molecular flexibility index (Phi) is 9.74. The molecule has 270 valence electrons. The highest BCUT2D eigenvalue weighted by molar-refractivity contribution is 5.97. The van der Waals surface area contributed by atoms with Crippen molar-refractivity contribution in [1.82, 2.24) is 14.5 Å². The summed E-state index contributed by atoms with van der Waals surface area (Å²) in [6.45, 7) is 5.05. The molecular formula is C40H44N6O6. The lowest BCUT2D eigenvalue weighted by Gasteiger charge is -2.38. The van der Waals surface area contributed by atoms with Crippen molar-refractivity contribution in [2.45, 2.75) is 64.3 Å². The summed E-state index contributed by atoms with van der Waals surface area (Å²) < 4.78 is 18.4. The summed E-state index contributed by atoms with van der Waals surface area (Å²) in [6, 6.07) is 22.7. The van der Waals surface area contributed by atoms with Gasteiger partial charge in [0.1, 0.15) is 29.4 Å². The van der Waals surface area contributed by atoms with E-state index < -0.39 is 11.7 Å². The van der Waals surface area contributed by atoms with Crippen molar-refractivity contribution in [3.63, 3.8) is 0 Å². The molecule has 52 heavy (non-hydrogen) atoms. The van der Waals surface area contributed by atoms with E-state index in [2.05, 4.69) is 10.3 Å². The van der Waals surface area contributed by atoms with Crippen LogP contribution in [0.2, 0.25) is 0 Å². The Hall–Kier alpha value is -5.62. The van der Waals surface area contributed by atoms with Gasteiger partial charge in [0.15, 0.2) is 0 Å². The number of rotatable bonds is 9. The Morgan fingerprint density at radius 3 is 2.52 bits per heavy atom. The molecule has 1 aliphatic heterocycles. The fourth-order valence-electron chi connectivity index (χ4n) is 7.25. The minimum absolute atomic E-state index is 0.162. The summed E-state index contributed by atoms with van der Waals surface area (Å²) in [5, 5.41) is 14.8. The van der Waals surface area contributed by atoms with E-state index in [-0.39, 0.29) is 18.2 Å². The Bertz CT molecular complexity index is 2140. The molecule has 0 saturated heterocycles. The molecule has 1 aliphatic carbocycles. The van der Waals surface area contributed by atoms with Gasteiger partial charge in [-0.3, -0.25) is 14.3 Å². The SMILES string of the molecule is COc1ccc(CNc2ncc3cc(N4CCN(C(=O)OCc5ccccc5)c5c(C)cccc54)c(=O)n(C4CCC(C)(O)CC4)c3n2)c(OC)c1. The molecule has 12 heteroatoms. The summed E-state index contributed by atoms with van der Waals surface area (Å²) in [5.74, 6) is 1.73. The van der Waals surface area contributed by atoms with Gasteiger partial charge in [0.2, 0.25) is 5.95 Å². The predicted octanol–water partition coefficient (Wildman–Crippen LogP) is 6.89. The number of pyridine rings is 1. The van der Waals surface area contributed by atoms with Gasteiger partial charge in [0.25, 0.3) is 5.56 Å². The van der Waals surface area contributed by atoms with Gasteiger partial charge in [-0.05, 0) is 74.9 Å². The highest BCUT2D eigenvalue weighted by atomic mass is 16.6. The van der Waals surface area contributed by atoms with Crippen molar-refractivity contribution < 1.29 is 24.1 Å². The number of carbonyl (C=O) groups excluding carboxylic acids is 1. The molecular weight excluding hydrogens is 660 g/mol. The fraction of sp³-hybridized carbons (Fsp3) is 0.350. The van der Waals surface area contributed by atoms with Gasteiger partial charge in [-0.25, -0.2) is 9.78 Å². The number of anilines is 4. The predicted molar refractivity (Wildman–Crippen MR) is 201 cm³/mol. The second-order valence-electron chi connectivity index (χ2n) is 13.7. The van der Waals surface area contributed by atoms with Crippen molar-refractivity contribution in [3.8, 4) is 11.5 Å². The lowest BCUT2D eigenvalue weighted by atomic mass is 9.83. The molecule has 3 heterocycles. The van der Waals surface area contributed by atoms with E-state index in [1.54, 1.807) is 29.9 Å². The molecule has 0 atom stereocenters. The van der Waals surface area contributed by atoms with Gasteiger partial charge in [0, 0.05) is 48.9 Å². The first-order valence-corrected chi connectivity index (χ1v) is 17.6. The largest absolute Gasteiger partial charge is 0.497 e. The standard InChI is InChI=1S/C40H44N6O6/c1-26-9-8-12-32-35(26)45(39(48)52-25-27-10-6-5-7-11-27)20-19-44(32)33-21-29-24-42-38(41-23-28-13-14-31(50-3)22-34(28)51-4)43-36(29)46(37(33)47)30-15-17-40(2,49)18-16-30/h5-14,21-22,24,30,49H,15-20,23,25H2,1-4H3,(H,41,42,43). The van der Waals surface area contributed by atoms with E-state index in [4.69, 9.17) is 19.2 Å². The lowest BCUT2D eigenvalue weighted by Crippen LogP contribution is -2.45. The number of nitrogens with zero attached hydrogens (tertiary/aromatic N) is 5. The quantitative estimate of drug-likeness (QED) is 0.167. The summed E-state index contributed by atoms with van der Waals surface area (Å²) in [4.78, 5) is 41.5.